The Morgan fingerprint density at radius 2 is 2.09 bits per heavy atom. The molecule has 3 aromatic rings. The van der Waals surface area contributed by atoms with Crippen molar-refractivity contribution in [2.45, 2.75) is 51.3 Å². The molecule has 8 nitrogen and oxygen atoms in total. The Hall–Kier alpha value is -2.39. The molecule has 2 aliphatic rings. The largest absolute Gasteiger partial charge is 0.491 e. The van der Waals surface area contributed by atoms with E-state index in [2.05, 4.69) is 37.1 Å². The van der Waals surface area contributed by atoms with Gasteiger partial charge in [-0.25, -0.2) is 4.98 Å². The number of benzene rings is 1. The van der Waals surface area contributed by atoms with Crippen LogP contribution in [0.15, 0.2) is 30.5 Å². The highest BCUT2D eigenvalue weighted by Crippen LogP contribution is 2.40. The van der Waals surface area contributed by atoms with E-state index >= 15 is 0 Å². The van der Waals surface area contributed by atoms with E-state index in [-0.39, 0.29) is 12.5 Å². The first-order valence-electron chi connectivity index (χ1n) is 12.4. The van der Waals surface area contributed by atoms with E-state index in [1.165, 1.54) is 0 Å². The maximum absolute atomic E-state index is 10.0. The Labute approximate surface area is 211 Å². The van der Waals surface area contributed by atoms with Gasteiger partial charge >= 0.3 is 0 Å². The number of anilines is 1. The summed E-state index contributed by atoms with van der Waals surface area (Å²) in [7, 11) is 1.80. The molecule has 2 fully saturated rings. The molecule has 5 rings (SSSR count). The third-order valence-corrected chi connectivity index (χ3v) is 7.28. The molecule has 0 radical (unpaired) electrons. The molecule has 9 heteroatoms. The van der Waals surface area contributed by atoms with E-state index in [1.54, 1.807) is 13.1 Å². The second-order valence-corrected chi connectivity index (χ2v) is 10.5. The summed E-state index contributed by atoms with van der Waals surface area (Å²) < 4.78 is 13.7. The molecule has 2 N–H and O–H groups in total. The summed E-state index contributed by atoms with van der Waals surface area (Å²) in [6, 6.07) is 8.34. The van der Waals surface area contributed by atoms with Gasteiger partial charge in [0, 0.05) is 28.8 Å². The van der Waals surface area contributed by atoms with E-state index < -0.39 is 6.10 Å². The van der Waals surface area contributed by atoms with Crippen molar-refractivity contribution in [3.63, 3.8) is 0 Å². The maximum Gasteiger partial charge on any atom is 0.161 e. The number of halogens is 1. The molecule has 3 unspecified atom stereocenters. The predicted octanol–water partition coefficient (Wildman–Crippen LogP) is 3.75. The van der Waals surface area contributed by atoms with Crippen LogP contribution in [0.4, 0.5) is 5.82 Å². The predicted molar refractivity (Wildman–Crippen MR) is 138 cm³/mol. The number of hydrogen-bond donors (Lipinski definition) is 2. The molecule has 4 heterocycles. The fourth-order valence-corrected chi connectivity index (χ4v) is 5.53. The first-order valence-corrected chi connectivity index (χ1v) is 12.7. The van der Waals surface area contributed by atoms with Crippen LogP contribution in [-0.2, 0) is 4.74 Å². The van der Waals surface area contributed by atoms with Crippen LogP contribution in [0.3, 0.4) is 0 Å². The first kappa shape index (κ1) is 24.3. The number of aromatic nitrogens is 3. The van der Waals surface area contributed by atoms with E-state index in [0.29, 0.717) is 35.3 Å². The summed E-state index contributed by atoms with van der Waals surface area (Å²) in [6.07, 6.45) is 2.43. The van der Waals surface area contributed by atoms with Crippen molar-refractivity contribution < 1.29 is 14.6 Å². The highest BCUT2D eigenvalue weighted by Gasteiger charge is 2.43. The van der Waals surface area contributed by atoms with Crippen molar-refractivity contribution in [2.75, 3.05) is 38.3 Å². The third-order valence-electron chi connectivity index (χ3n) is 7.07. The topological polar surface area (TPSA) is 84.1 Å². The van der Waals surface area contributed by atoms with Crippen LogP contribution in [0.5, 0.6) is 5.75 Å². The molecule has 2 saturated heterocycles. The minimum absolute atomic E-state index is 0.174. The van der Waals surface area contributed by atoms with Gasteiger partial charge in [-0.3, -0.25) is 0 Å². The monoisotopic (exact) mass is 499 g/mol. The van der Waals surface area contributed by atoms with E-state index in [1.807, 2.05) is 22.8 Å². The van der Waals surface area contributed by atoms with Crippen LogP contribution < -0.4 is 15.0 Å². The lowest BCUT2D eigenvalue weighted by Gasteiger charge is -2.37. The minimum atomic E-state index is -0.609. The lowest BCUT2D eigenvalue weighted by Crippen LogP contribution is -2.47. The van der Waals surface area contributed by atoms with Crippen LogP contribution in [0.25, 0.3) is 16.9 Å². The molecule has 2 aromatic heterocycles. The molecule has 4 atom stereocenters. The SMILES string of the molecule is CNCC(O)COc1cc(Cl)cc(-c2cc(N3C4COCC3[C@H](C)C4)n3ncc(C(C)C)c3n2)c1. The van der Waals surface area contributed by atoms with Crippen molar-refractivity contribution in [3.05, 3.63) is 41.0 Å². The fourth-order valence-electron chi connectivity index (χ4n) is 5.30. The summed E-state index contributed by atoms with van der Waals surface area (Å²) in [5.74, 6) is 2.47. The van der Waals surface area contributed by atoms with Crippen LogP contribution >= 0.6 is 11.6 Å². The van der Waals surface area contributed by atoms with Crippen molar-refractivity contribution >= 4 is 23.1 Å². The number of aliphatic hydroxyl groups is 1. The summed E-state index contributed by atoms with van der Waals surface area (Å²) in [5.41, 5.74) is 3.65. The average molecular weight is 500 g/mol. The zero-order valence-electron chi connectivity index (χ0n) is 20.7. The molecular weight excluding hydrogens is 466 g/mol. The molecule has 188 valence electrons. The Morgan fingerprint density at radius 3 is 2.83 bits per heavy atom. The van der Waals surface area contributed by atoms with Gasteiger partial charge in [-0.2, -0.15) is 9.61 Å². The Balaban J connectivity index is 1.59. The Morgan fingerprint density at radius 1 is 1.26 bits per heavy atom. The van der Waals surface area contributed by atoms with Crippen molar-refractivity contribution in [3.8, 4) is 17.0 Å². The summed E-state index contributed by atoms with van der Waals surface area (Å²) >= 11 is 6.49. The molecule has 1 aromatic carbocycles. The number of ether oxygens (including phenoxy) is 2. The molecule has 0 amide bonds. The normalized spacial score (nSPS) is 22.8. The highest BCUT2D eigenvalue weighted by molar-refractivity contribution is 6.31. The van der Waals surface area contributed by atoms with Crippen LogP contribution in [0.1, 0.15) is 38.7 Å². The lowest BCUT2D eigenvalue weighted by atomic mass is 10.0. The van der Waals surface area contributed by atoms with Gasteiger partial charge in [0.15, 0.2) is 5.65 Å². The molecule has 2 aliphatic heterocycles. The quantitative estimate of drug-likeness (QED) is 0.488. The van der Waals surface area contributed by atoms with Crippen molar-refractivity contribution in [1.82, 2.24) is 19.9 Å². The molecule has 0 aliphatic carbocycles. The second-order valence-electron chi connectivity index (χ2n) is 10.1. The molecular formula is C26H34ClN5O3. The van der Waals surface area contributed by atoms with Gasteiger partial charge in [0.25, 0.3) is 0 Å². The summed E-state index contributed by atoms with van der Waals surface area (Å²) in [5, 5.41) is 18.3. The van der Waals surface area contributed by atoms with E-state index in [9.17, 15) is 5.11 Å². The number of nitrogens with one attached hydrogen (secondary N) is 1. The zero-order chi connectivity index (χ0) is 24.7. The van der Waals surface area contributed by atoms with E-state index in [4.69, 9.17) is 31.2 Å². The number of likely N-dealkylation sites (N-methyl/N-ethyl adjacent to an activating group) is 1. The molecule has 35 heavy (non-hydrogen) atoms. The maximum atomic E-state index is 10.0. The molecule has 0 spiro atoms. The van der Waals surface area contributed by atoms with Gasteiger partial charge in [0.2, 0.25) is 0 Å². The Bertz CT molecular complexity index is 1200. The smallest absolute Gasteiger partial charge is 0.161 e. The minimum Gasteiger partial charge on any atom is -0.491 e. The highest BCUT2D eigenvalue weighted by atomic mass is 35.5. The first-order chi connectivity index (χ1) is 16.9. The number of rotatable bonds is 8. The van der Waals surface area contributed by atoms with Crippen molar-refractivity contribution in [2.24, 2.45) is 5.92 Å². The average Bonchev–Trinajstić information content (AvgIpc) is 3.33. The van der Waals surface area contributed by atoms with Gasteiger partial charge in [0.05, 0.1) is 37.2 Å². The fraction of sp³-hybridized carbons (Fsp3) is 0.538. The number of morpholine rings is 1. The Kier molecular flexibility index (Phi) is 6.90. The van der Waals surface area contributed by atoms with Crippen molar-refractivity contribution in [1.29, 1.82) is 0 Å². The van der Waals surface area contributed by atoms with Gasteiger partial charge in [-0.15, -0.1) is 0 Å². The molecule has 0 saturated carbocycles. The summed E-state index contributed by atoms with van der Waals surface area (Å²) in [4.78, 5) is 7.53. The van der Waals surface area contributed by atoms with Crippen LogP contribution in [-0.4, -0.2) is 71.3 Å². The standard InChI is InChI=1S/C26H34ClN5O3/c1-15(2)22-11-29-32-25(31-19-5-16(3)24(31)14-34-12-19)9-23(30-26(22)32)17-6-18(27)8-21(7-17)35-13-20(33)10-28-4/h6-9,11,15-16,19-20,24,28,33H,5,10,12-14H2,1-4H3/t16-,19?,20?,24?/m1/s1. The van der Waals surface area contributed by atoms with Gasteiger partial charge < -0.3 is 24.8 Å². The lowest BCUT2D eigenvalue weighted by molar-refractivity contribution is 0.0864. The van der Waals surface area contributed by atoms with Gasteiger partial charge in [-0.1, -0.05) is 32.4 Å². The number of nitrogens with zero attached hydrogens (tertiary/aromatic N) is 4. The third kappa shape index (κ3) is 4.72. The zero-order valence-corrected chi connectivity index (χ0v) is 21.5. The molecule has 2 bridgehead atoms. The van der Waals surface area contributed by atoms with Crippen LogP contribution in [0.2, 0.25) is 5.02 Å². The van der Waals surface area contributed by atoms with E-state index in [0.717, 1.165) is 47.9 Å². The van der Waals surface area contributed by atoms with Crippen LogP contribution in [0, 0.1) is 5.92 Å². The second kappa shape index (κ2) is 9.93. The van der Waals surface area contributed by atoms with Gasteiger partial charge in [-0.05, 0) is 43.5 Å². The number of aliphatic hydroxyl groups excluding tert-OH is 1. The number of hydrogen-bond acceptors (Lipinski definition) is 7. The van der Waals surface area contributed by atoms with Gasteiger partial charge in [0.1, 0.15) is 24.3 Å². The summed E-state index contributed by atoms with van der Waals surface area (Å²) in [6.45, 7) is 8.70. The number of fused-ring (bicyclic) bond motifs is 3.